The second kappa shape index (κ2) is 7.72. The lowest BCUT2D eigenvalue weighted by atomic mass is 10.1. The smallest absolute Gasteiger partial charge is 0.261 e. The molecule has 0 unspecified atom stereocenters. The molecule has 0 radical (unpaired) electrons. The Kier molecular flexibility index (Phi) is 5.26. The number of hydrogen-bond donors (Lipinski definition) is 1. The molecule has 1 aliphatic rings. The van der Waals surface area contributed by atoms with E-state index in [1.165, 1.54) is 18.2 Å². The van der Waals surface area contributed by atoms with Gasteiger partial charge in [0.05, 0.1) is 15.5 Å². The van der Waals surface area contributed by atoms with Crippen molar-refractivity contribution in [3.63, 3.8) is 0 Å². The monoisotopic (exact) mass is 438 g/mol. The molecule has 2 heterocycles. The fourth-order valence-electron chi connectivity index (χ4n) is 3.30. The van der Waals surface area contributed by atoms with Crippen molar-refractivity contribution in [2.75, 3.05) is 4.72 Å². The number of benzene rings is 2. The van der Waals surface area contributed by atoms with Crippen molar-refractivity contribution in [2.24, 2.45) is 0 Å². The maximum Gasteiger partial charge on any atom is 0.261 e. The number of aryl methyl sites for hydroxylation is 1. The zero-order chi connectivity index (χ0) is 20.6. The van der Waals surface area contributed by atoms with Crippen LogP contribution < -0.4 is 4.72 Å². The highest BCUT2D eigenvalue weighted by Gasteiger charge is 2.21. The Hall–Kier alpha value is -2.52. The molecule has 0 fully saturated rings. The minimum absolute atomic E-state index is 0.146. The molecular weight excluding hydrogens is 422 g/mol. The van der Waals surface area contributed by atoms with E-state index in [1.54, 1.807) is 0 Å². The van der Waals surface area contributed by atoms with Gasteiger partial charge >= 0.3 is 0 Å². The summed E-state index contributed by atoms with van der Waals surface area (Å²) in [4.78, 5) is -0.203. The van der Waals surface area contributed by atoms with E-state index in [2.05, 4.69) is 14.9 Å². The van der Waals surface area contributed by atoms with E-state index in [-0.39, 0.29) is 21.2 Å². The van der Waals surface area contributed by atoms with Crippen molar-refractivity contribution < 1.29 is 17.2 Å². The van der Waals surface area contributed by atoms with Crippen LogP contribution in [0.5, 0.6) is 0 Å². The number of rotatable bonds is 4. The van der Waals surface area contributed by atoms with E-state index < -0.39 is 21.7 Å². The van der Waals surface area contributed by atoms with Crippen molar-refractivity contribution in [3.05, 3.63) is 58.9 Å². The lowest BCUT2D eigenvalue weighted by Crippen LogP contribution is -2.13. The van der Waals surface area contributed by atoms with Gasteiger partial charge in [0.15, 0.2) is 5.82 Å². The van der Waals surface area contributed by atoms with Crippen LogP contribution in [0.25, 0.3) is 11.4 Å². The fourth-order valence-corrected chi connectivity index (χ4v) is 4.62. The highest BCUT2D eigenvalue weighted by Crippen LogP contribution is 2.29. The topological polar surface area (TPSA) is 76.9 Å². The molecule has 0 saturated heterocycles. The number of anilines is 1. The largest absolute Gasteiger partial charge is 0.311 e. The van der Waals surface area contributed by atoms with E-state index in [1.807, 2.05) is 4.57 Å². The molecule has 0 amide bonds. The minimum atomic E-state index is -4.04. The van der Waals surface area contributed by atoms with Crippen LogP contribution >= 0.6 is 11.6 Å². The molecule has 1 N–H and O–H groups in total. The molecule has 10 heteroatoms. The van der Waals surface area contributed by atoms with Gasteiger partial charge in [-0.1, -0.05) is 18.0 Å². The van der Waals surface area contributed by atoms with Gasteiger partial charge in [0.25, 0.3) is 10.0 Å². The lowest BCUT2D eigenvalue weighted by molar-refractivity contribution is 0.599. The Balaban J connectivity index is 1.69. The minimum Gasteiger partial charge on any atom is -0.311 e. The molecule has 29 heavy (non-hydrogen) atoms. The zero-order valence-electron chi connectivity index (χ0n) is 15.2. The molecular formula is C19H17ClF2N4O2S. The van der Waals surface area contributed by atoms with E-state index >= 15 is 0 Å². The summed E-state index contributed by atoms with van der Waals surface area (Å²) in [7, 11) is -4.04. The highest BCUT2D eigenvalue weighted by molar-refractivity contribution is 7.92. The molecule has 0 spiro atoms. The van der Waals surface area contributed by atoms with Gasteiger partial charge in [-0.05, 0) is 49.2 Å². The maximum absolute atomic E-state index is 14.5. The first-order chi connectivity index (χ1) is 13.8. The normalized spacial score (nSPS) is 14.3. The molecule has 2 aromatic carbocycles. The molecule has 1 aromatic heterocycles. The van der Waals surface area contributed by atoms with Gasteiger partial charge in [0.2, 0.25) is 0 Å². The molecule has 1 aliphatic heterocycles. The zero-order valence-corrected chi connectivity index (χ0v) is 16.8. The van der Waals surface area contributed by atoms with Gasteiger partial charge in [0, 0.05) is 18.7 Å². The predicted molar refractivity (Wildman–Crippen MR) is 105 cm³/mol. The van der Waals surface area contributed by atoms with Crippen LogP contribution in [0.15, 0.2) is 41.3 Å². The molecule has 6 nitrogen and oxygen atoms in total. The summed E-state index contributed by atoms with van der Waals surface area (Å²) >= 11 is 5.68. The first-order valence-corrected chi connectivity index (χ1v) is 10.9. The third-order valence-electron chi connectivity index (χ3n) is 4.77. The molecule has 0 saturated carbocycles. The van der Waals surface area contributed by atoms with Crippen molar-refractivity contribution in [1.82, 2.24) is 14.8 Å². The van der Waals surface area contributed by atoms with E-state index in [0.717, 1.165) is 49.7 Å². The van der Waals surface area contributed by atoms with Crippen molar-refractivity contribution in [1.29, 1.82) is 0 Å². The molecule has 0 bridgehead atoms. The van der Waals surface area contributed by atoms with Crippen LogP contribution in [0.2, 0.25) is 5.02 Å². The Morgan fingerprint density at radius 3 is 2.59 bits per heavy atom. The van der Waals surface area contributed by atoms with E-state index in [9.17, 15) is 17.2 Å². The van der Waals surface area contributed by atoms with Crippen LogP contribution in [0.1, 0.15) is 25.1 Å². The van der Waals surface area contributed by atoms with Crippen molar-refractivity contribution in [2.45, 2.75) is 37.1 Å². The molecule has 3 aromatic rings. The first-order valence-electron chi connectivity index (χ1n) is 9.05. The number of sulfonamides is 1. The number of nitrogens with zero attached hydrogens (tertiary/aromatic N) is 3. The second-order valence-corrected chi connectivity index (χ2v) is 8.87. The Bertz CT molecular complexity index is 1180. The lowest BCUT2D eigenvalue weighted by Gasteiger charge is -2.12. The summed E-state index contributed by atoms with van der Waals surface area (Å²) in [5, 5.41) is 7.98. The predicted octanol–water partition coefficient (Wildman–Crippen LogP) is 4.40. The first kappa shape index (κ1) is 19.8. The number of halogens is 3. The molecule has 0 atom stereocenters. The van der Waals surface area contributed by atoms with E-state index in [4.69, 9.17) is 11.6 Å². The summed E-state index contributed by atoms with van der Waals surface area (Å²) in [6, 6.07) is 6.94. The van der Waals surface area contributed by atoms with Crippen LogP contribution in [-0.2, 0) is 23.0 Å². The third-order valence-corrected chi connectivity index (χ3v) is 6.44. The fraction of sp³-hybridized carbons (Fsp3) is 0.263. The van der Waals surface area contributed by atoms with Crippen LogP contribution in [0.4, 0.5) is 14.5 Å². The van der Waals surface area contributed by atoms with Gasteiger partial charge in [-0.2, -0.15) is 0 Å². The van der Waals surface area contributed by atoms with Gasteiger partial charge in [0.1, 0.15) is 17.5 Å². The van der Waals surface area contributed by atoms with Crippen LogP contribution in [0.3, 0.4) is 0 Å². The Morgan fingerprint density at radius 2 is 1.79 bits per heavy atom. The maximum atomic E-state index is 14.5. The number of hydrogen-bond acceptors (Lipinski definition) is 4. The summed E-state index contributed by atoms with van der Waals surface area (Å²) < 4.78 is 57.3. The van der Waals surface area contributed by atoms with Gasteiger partial charge in [-0.15, -0.1) is 10.2 Å². The van der Waals surface area contributed by atoms with Crippen LogP contribution in [0, 0.1) is 11.6 Å². The quantitative estimate of drug-likeness (QED) is 0.654. The number of aromatic nitrogens is 3. The second-order valence-electron chi connectivity index (χ2n) is 6.78. The van der Waals surface area contributed by atoms with Crippen LogP contribution in [-0.4, -0.2) is 23.2 Å². The van der Waals surface area contributed by atoms with Gasteiger partial charge < -0.3 is 4.57 Å². The molecule has 0 aliphatic carbocycles. The third kappa shape index (κ3) is 3.97. The Morgan fingerprint density at radius 1 is 1.00 bits per heavy atom. The summed E-state index contributed by atoms with van der Waals surface area (Å²) in [6.07, 6.45) is 3.77. The standard InChI is InChI=1S/C19H17ClF2N4O2S/c20-15-11-13(6-8-17(15)22)29(27,28)25-12-5-7-16(21)14(10-12)19-24-23-18-4-2-1-3-9-26(18)19/h5-8,10-11,25H,1-4,9H2. The average Bonchev–Trinajstić information content (AvgIpc) is 2.93. The van der Waals surface area contributed by atoms with Crippen molar-refractivity contribution in [3.8, 4) is 11.4 Å². The van der Waals surface area contributed by atoms with Gasteiger partial charge in [-0.25, -0.2) is 17.2 Å². The molecule has 152 valence electrons. The van der Waals surface area contributed by atoms with Crippen molar-refractivity contribution >= 4 is 27.3 Å². The van der Waals surface area contributed by atoms with E-state index in [0.29, 0.717) is 12.4 Å². The summed E-state index contributed by atoms with van der Waals surface area (Å²) in [5.74, 6) is -0.0893. The SMILES string of the molecule is O=S(=O)(Nc1ccc(F)c(-c2nnc3n2CCCCC3)c1)c1ccc(F)c(Cl)c1. The highest BCUT2D eigenvalue weighted by atomic mass is 35.5. The number of fused-ring (bicyclic) bond motifs is 1. The summed E-state index contributed by atoms with van der Waals surface area (Å²) in [6.45, 7) is 0.682. The Labute approximate surface area is 171 Å². The summed E-state index contributed by atoms with van der Waals surface area (Å²) in [5.41, 5.74) is 0.302. The molecule has 4 rings (SSSR count). The average molecular weight is 439 g/mol. The number of nitrogens with one attached hydrogen (secondary N) is 1. The van der Waals surface area contributed by atoms with Gasteiger partial charge in [-0.3, -0.25) is 4.72 Å².